The van der Waals surface area contributed by atoms with Gasteiger partial charge in [-0.25, -0.2) is 15.0 Å². The summed E-state index contributed by atoms with van der Waals surface area (Å²) in [6.45, 7) is 0. The maximum Gasteiger partial charge on any atom is 0.281 e. The van der Waals surface area contributed by atoms with Gasteiger partial charge in [-0.2, -0.15) is 8.42 Å². The third-order valence-electron chi connectivity index (χ3n) is 2.94. The van der Waals surface area contributed by atoms with Crippen LogP contribution in [0.5, 0.6) is 0 Å². The average molecular weight is 350 g/mol. The first-order valence-corrected chi connectivity index (χ1v) is 8.65. The van der Waals surface area contributed by atoms with E-state index in [0.29, 0.717) is 5.52 Å². The van der Waals surface area contributed by atoms with Crippen LogP contribution in [0.25, 0.3) is 10.2 Å². The van der Waals surface area contributed by atoms with Crippen LogP contribution in [0.4, 0.5) is 5.13 Å². The number of rotatable bonds is 4. The molecule has 0 aliphatic carbocycles. The highest BCUT2D eigenvalue weighted by Gasteiger charge is 2.34. The minimum Gasteiger partial charge on any atom is -0.300 e. The van der Waals surface area contributed by atoms with Gasteiger partial charge in [0.2, 0.25) is 0 Å². The topological polar surface area (TPSA) is 122 Å². The van der Waals surface area contributed by atoms with Gasteiger partial charge in [-0.15, -0.1) is 0 Å². The van der Waals surface area contributed by atoms with E-state index in [1.807, 2.05) is 12.1 Å². The monoisotopic (exact) mass is 350 g/mol. The standard InChI is InChI=1S/C13H10N4O4S2/c18-12(11(23(19,20)21)8-5-14-7-15-6-8)17-13-16-9-3-1-2-4-10(9)22-13/h1-7,11H,(H,16,17,18)(H,19,20,21)/t11-/m1/s1. The first-order chi connectivity index (χ1) is 10.9. The molecular weight excluding hydrogens is 340 g/mol. The fraction of sp³-hybridized carbons (Fsp3) is 0.0769. The van der Waals surface area contributed by atoms with Gasteiger partial charge in [0, 0.05) is 18.0 Å². The van der Waals surface area contributed by atoms with Crippen LogP contribution < -0.4 is 5.32 Å². The maximum absolute atomic E-state index is 12.3. The third kappa shape index (κ3) is 3.33. The van der Waals surface area contributed by atoms with E-state index in [1.54, 1.807) is 12.1 Å². The fourth-order valence-electron chi connectivity index (χ4n) is 2.00. The van der Waals surface area contributed by atoms with Crippen LogP contribution in [-0.4, -0.2) is 33.8 Å². The number of nitrogens with one attached hydrogen (secondary N) is 1. The molecule has 118 valence electrons. The SMILES string of the molecule is O=C(Nc1nc2ccccc2s1)[C@@H](c1cncnc1)S(=O)(=O)O. The first-order valence-electron chi connectivity index (χ1n) is 6.33. The summed E-state index contributed by atoms with van der Waals surface area (Å²) in [7, 11) is -4.68. The summed E-state index contributed by atoms with van der Waals surface area (Å²) in [4.78, 5) is 23.8. The average Bonchev–Trinajstić information content (AvgIpc) is 2.89. The number of carbonyl (C=O) groups excluding carboxylic acids is 1. The first kappa shape index (κ1) is 15.5. The second kappa shape index (κ2) is 5.99. The largest absolute Gasteiger partial charge is 0.300 e. The molecule has 3 aromatic rings. The van der Waals surface area contributed by atoms with Crippen molar-refractivity contribution in [2.24, 2.45) is 0 Å². The van der Waals surface area contributed by atoms with Crippen molar-refractivity contribution in [3.05, 3.63) is 48.5 Å². The van der Waals surface area contributed by atoms with Crippen molar-refractivity contribution in [2.45, 2.75) is 5.25 Å². The molecular formula is C13H10N4O4S2. The van der Waals surface area contributed by atoms with Crippen molar-refractivity contribution >= 4 is 42.7 Å². The van der Waals surface area contributed by atoms with Gasteiger partial charge in [0.15, 0.2) is 10.4 Å². The van der Waals surface area contributed by atoms with Crippen molar-refractivity contribution < 1.29 is 17.8 Å². The number of benzene rings is 1. The summed E-state index contributed by atoms with van der Waals surface area (Å²) in [5.74, 6) is -0.929. The van der Waals surface area contributed by atoms with Crippen molar-refractivity contribution in [3.8, 4) is 0 Å². The molecule has 23 heavy (non-hydrogen) atoms. The number of anilines is 1. The van der Waals surface area contributed by atoms with E-state index >= 15 is 0 Å². The van der Waals surface area contributed by atoms with Crippen LogP contribution in [0, 0.1) is 0 Å². The molecule has 0 fully saturated rings. The minimum absolute atomic E-state index is 0.0337. The molecule has 0 aliphatic heterocycles. The van der Waals surface area contributed by atoms with E-state index < -0.39 is 21.3 Å². The normalized spacial score (nSPS) is 12.9. The predicted molar refractivity (Wildman–Crippen MR) is 84.6 cm³/mol. The lowest BCUT2D eigenvalue weighted by Gasteiger charge is -2.12. The van der Waals surface area contributed by atoms with E-state index in [0.717, 1.165) is 17.1 Å². The lowest BCUT2D eigenvalue weighted by atomic mass is 10.2. The molecule has 0 unspecified atom stereocenters. The maximum atomic E-state index is 12.3. The number of hydrogen-bond acceptors (Lipinski definition) is 7. The Morgan fingerprint density at radius 2 is 1.91 bits per heavy atom. The summed E-state index contributed by atoms with van der Waals surface area (Å²) in [6, 6.07) is 7.23. The van der Waals surface area contributed by atoms with E-state index in [2.05, 4.69) is 20.3 Å². The van der Waals surface area contributed by atoms with Gasteiger partial charge in [0.05, 0.1) is 10.2 Å². The molecule has 8 nitrogen and oxygen atoms in total. The van der Waals surface area contributed by atoms with Gasteiger partial charge >= 0.3 is 0 Å². The Morgan fingerprint density at radius 1 is 1.22 bits per heavy atom. The van der Waals surface area contributed by atoms with E-state index in [9.17, 15) is 17.8 Å². The van der Waals surface area contributed by atoms with Crippen molar-refractivity contribution in [2.75, 3.05) is 5.32 Å². The third-order valence-corrected chi connectivity index (χ3v) is 4.98. The van der Waals surface area contributed by atoms with Gasteiger partial charge in [0.1, 0.15) is 6.33 Å². The molecule has 1 atom stereocenters. The number of fused-ring (bicyclic) bond motifs is 1. The molecule has 2 aromatic heterocycles. The summed E-state index contributed by atoms with van der Waals surface area (Å²) < 4.78 is 33.3. The van der Waals surface area contributed by atoms with Crippen LogP contribution in [0.3, 0.4) is 0 Å². The second-order valence-electron chi connectivity index (χ2n) is 4.54. The van der Waals surface area contributed by atoms with Crippen molar-refractivity contribution in [1.82, 2.24) is 15.0 Å². The Hall–Kier alpha value is -2.43. The van der Waals surface area contributed by atoms with E-state index in [-0.39, 0.29) is 10.7 Å². The Morgan fingerprint density at radius 3 is 2.57 bits per heavy atom. The Bertz CT molecular complexity index is 923. The smallest absolute Gasteiger partial charge is 0.281 e. The predicted octanol–water partition coefficient (Wildman–Crippen LogP) is 1.65. The molecule has 0 saturated heterocycles. The molecule has 0 aliphatic rings. The molecule has 3 rings (SSSR count). The molecule has 0 saturated carbocycles. The molecule has 0 spiro atoms. The quantitative estimate of drug-likeness (QED) is 0.686. The summed E-state index contributed by atoms with van der Waals surface area (Å²) in [6.07, 6.45) is 3.50. The summed E-state index contributed by atoms with van der Waals surface area (Å²) in [5, 5.41) is 0.824. The highest BCUT2D eigenvalue weighted by molar-refractivity contribution is 7.86. The molecule has 2 heterocycles. The van der Waals surface area contributed by atoms with Crippen LogP contribution in [0.1, 0.15) is 10.8 Å². The molecule has 0 radical (unpaired) electrons. The molecule has 1 aromatic carbocycles. The zero-order valence-corrected chi connectivity index (χ0v) is 13.1. The Kier molecular flexibility index (Phi) is 4.03. The number of carbonyl (C=O) groups is 1. The summed E-state index contributed by atoms with van der Waals surface area (Å²) in [5.41, 5.74) is 0.646. The number of amides is 1. The molecule has 1 amide bonds. The van der Waals surface area contributed by atoms with Gasteiger partial charge < -0.3 is 5.32 Å². The Labute approximate surface area is 135 Å². The highest BCUT2D eigenvalue weighted by Crippen LogP contribution is 2.28. The van der Waals surface area contributed by atoms with Crippen LogP contribution in [-0.2, 0) is 14.9 Å². The number of thiazole rings is 1. The number of hydrogen-bond donors (Lipinski definition) is 2. The van der Waals surface area contributed by atoms with Crippen LogP contribution in [0.2, 0.25) is 0 Å². The van der Waals surface area contributed by atoms with Crippen molar-refractivity contribution in [3.63, 3.8) is 0 Å². The van der Waals surface area contributed by atoms with Gasteiger partial charge in [-0.1, -0.05) is 23.5 Å². The minimum atomic E-state index is -4.68. The Balaban J connectivity index is 1.92. The zero-order chi connectivity index (χ0) is 16.4. The highest BCUT2D eigenvalue weighted by atomic mass is 32.2. The second-order valence-corrected chi connectivity index (χ2v) is 7.07. The van der Waals surface area contributed by atoms with Crippen LogP contribution >= 0.6 is 11.3 Å². The van der Waals surface area contributed by atoms with Gasteiger partial charge in [-0.05, 0) is 12.1 Å². The van der Waals surface area contributed by atoms with E-state index in [1.165, 1.54) is 17.7 Å². The molecule has 0 bridgehead atoms. The van der Waals surface area contributed by atoms with Crippen molar-refractivity contribution in [1.29, 1.82) is 0 Å². The lowest BCUT2D eigenvalue weighted by molar-refractivity contribution is -0.116. The molecule has 10 heteroatoms. The van der Waals surface area contributed by atoms with Crippen LogP contribution in [0.15, 0.2) is 43.0 Å². The zero-order valence-electron chi connectivity index (χ0n) is 11.4. The number of aromatic nitrogens is 3. The fourth-order valence-corrected chi connectivity index (χ4v) is 3.67. The van der Waals surface area contributed by atoms with E-state index in [4.69, 9.17) is 0 Å². The number of para-hydroxylation sites is 1. The summed E-state index contributed by atoms with van der Waals surface area (Å²) >= 11 is 1.20. The van der Waals surface area contributed by atoms with Gasteiger partial charge in [0.25, 0.3) is 16.0 Å². The lowest BCUT2D eigenvalue weighted by Crippen LogP contribution is -2.27. The molecule has 2 N–H and O–H groups in total. The van der Waals surface area contributed by atoms with Gasteiger partial charge in [-0.3, -0.25) is 9.35 Å². The number of nitrogens with zero attached hydrogens (tertiary/aromatic N) is 3.